The molecule has 0 N–H and O–H groups in total. The van der Waals surface area contributed by atoms with E-state index in [1.54, 1.807) is 58.2 Å². The smallest absolute Gasteiger partial charge is 0.416 e. The van der Waals surface area contributed by atoms with Crippen LogP contribution in [0.4, 0.5) is 4.79 Å². The molecule has 0 aromatic heterocycles. The van der Waals surface area contributed by atoms with Gasteiger partial charge in [0.25, 0.3) is 0 Å². The standard InChI is InChI=1S/C27H34Cl2N4O6S/c1-27(2,3)39-26(35)33-13-12-30-25(33)19-10-11-20(22(29)16-19)17-31(4)24(34)18-38-15-14-32(5)40(36,37)23-9-7-6-8-21(23)28/h6-11,16H,12-15,17-18H2,1-5H3. The number of hydrogen-bond acceptors (Lipinski definition) is 7. The molecule has 0 bridgehead atoms. The molecule has 1 aliphatic rings. The van der Waals surface area contributed by atoms with Gasteiger partial charge in [0.05, 0.1) is 24.7 Å². The topological polar surface area (TPSA) is 109 Å². The summed E-state index contributed by atoms with van der Waals surface area (Å²) in [6.07, 6.45) is -0.470. The van der Waals surface area contributed by atoms with E-state index in [1.807, 2.05) is 0 Å². The van der Waals surface area contributed by atoms with Crippen molar-refractivity contribution < 1.29 is 27.5 Å². The summed E-state index contributed by atoms with van der Waals surface area (Å²) in [5.74, 6) is 0.190. The number of aliphatic imine (C=N–C) groups is 1. The van der Waals surface area contributed by atoms with Gasteiger partial charge in [-0.3, -0.25) is 14.7 Å². The molecule has 0 atom stereocenters. The first-order chi connectivity index (χ1) is 18.7. The lowest BCUT2D eigenvalue weighted by atomic mass is 10.1. The van der Waals surface area contributed by atoms with Gasteiger partial charge in [-0.15, -0.1) is 0 Å². The number of halogens is 2. The van der Waals surface area contributed by atoms with E-state index in [0.29, 0.717) is 35.1 Å². The van der Waals surface area contributed by atoms with Crippen LogP contribution in [0.3, 0.4) is 0 Å². The van der Waals surface area contributed by atoms with Crippen molar-refractivity contribution in [1.29, 1.82) is 0 Å². The van der Waals surface area contributed by atoms with Crippen LogP contribution in [0.1, 0.15) is 31.9 Å². The van der Waals surface area contributed by atoms with E-state index >= 15 is 0 Å². The number of hydrogen-bond donors (Lipinski definition) is 0. The monoisotopic (exact) mass is 612 g/mol. The number of benzene rings is 2. The lowest BCUT2D eigenvalue weighted by Gasteiger charge is -2.25. The highest BCUT2D eigenvalue weighted by atomic mass is 35.5. The zero-order valence-corrected chi connectivity index (χ0v) is 25.5. The SMILES string of the molecule is CN(Cc1ccc(C2=NCCN2C(=O)OC(C)(C)C)cc1Cl)C(=O)COCCN(C)S(=O)(=O)c1ccccc1Cl. The largest absolute Gasteiger partial charge is 0.443 e. The number of sulfonamides is 1. The molecule has 0 saturated heterocycles. The van der Waals surface area contributed by atoms with Crippen LogP contribution in [-0.2, 0) is 30.8 Å². The fourth-order valence-electron chi connectivity index (χ4n) is 3.75. The Labute approximate surface area is 245 Å². The summed E-state index contributed by atoms with van der Waals surface area (Å²) in [4.78, 5) is 32.6. The van der Waals surface area contributed by atoms with Crippen LogP contribution in [0.25, 0.3) is 0 Å². The van der Waals surface area contributed by atoms with Crippen molar-refractivity contribution in [3.05, 3.63) is 63.6 Å². The molecular formula is C27H34Cl2N4O6S. The molecule has 1 aliphatic heterocycles. The molecule has 0 unspecified atom stereocenters. The van der Waals surface area contributed by atoms with Crippen LogP contribution < -0.4 is 0 Å². The third kappa shape index (κ3) is 8.17. The zero-order chi connectivity index (χ0) is 29.7. The minimum absolute atomic E-state index is 0.00965. The molecule has 218 valence electrons. The minimum Gasteiger partial charge on any atom is -0.443 e. The fourth-order valence-corrected chi connectivity index (χ4v) is 5.64. The summed E-state index contributed by atoms with van der Waals surface area (Å²) < 4.78 is 37.5. The second-order valence-electron chi connectivity index (χ2n) is 10.2. The second kappa shape index (κ2) is 13.3. The van der Waals surface area contributed by atoms with Crippen LogP contribution in [-0.4, -0.2) is 92.9 Å². The van der Waals surface area contributed by atoms with E-state index in [0.717, 1.165) is 4.31 Å². The van der Waals surface area contributed by atoms with Gasteiger partial charge in [0.2, 0.25) is 15.9 Å². The molecule has 10 nitrogen and oxygen atoms in total. The van der Waals surface area contributed by atoms with Gasteiger partial charge in [-0.2, -0.15) is 4.31 Å². The van der Waals surface area contributed by atoms with Gasteiger partial charge in [-0.05, 0) is 44.5 Å². The number of nitrogens with zero attached hydrogens (tertiary/aromatic N) is 4. The van der Waals surface area contributed by atoms with Gasteiger partial charge in [0.1, 0.15) is 22.9 Å². The van der Waals surface area contributed by atoms with Crippen molar-refractivity contribution in [2.24, 2.45) is 4.99 Å². The highest BCUT2D eigenvalue weighted by molar-refractivity contribution is 7.89. The van der Waals surface area contributed by atoms with E-state index in [2.05, 4.69) is 4.99 Å². The van der Waals surface area contributed by atoms with Gasteiger partial charge in [-0.1, -0.05) is 47.5 Å². The molecule has 40 heavy (non-hydrogen) atoms. The predicted octanol–water partition coefficient (Wildman–Crippen LogP) is 4.29. The lowest BCUT2D eigenvalue weighted by Crippen LogP contribution is -2.39. The Hall–Kier alpha value is -2.70. The van der Waals surface area contributed by atoms with Crippen molar-refractivity contribution in [1.82, 2.24) is 14.1 Å². The number of amidine groups is 1. The summed E-state index contributed by atoms with van der Waals surface area (Å²) in [7, 11) is -0.742. The highest BCUT2D eigenvalue weighted by Crippen LogP contribution is 2.24. The molecule has 2 aromatic rings. The molecule has 0 radical (unpaired) electrons. The van der Waals surface area contributed by atoms with E-state index in [9.17, 15) is 18.0 Å². The molecule has 13 heteroatoms. The zero-order valence-electron chi connectivity index (χ0n) is 23.2. The molecule has 2 aromatic carbocycles. The van der Waals surface area contributed by atoms with Crippen molar-refractivity contribution in [2.75, 3.05) is 46.9 Å². The first-order valence-electron chi connectivity index (χ1n) is 12.6. The molecule has 0 saturated carbocycles. The van der Waals surface area contributed by atoms with Crippen molar-refractivity contribution in [2.45, 2.75) is 37.8 Å². The van der Waals surface area contributed by atoms with Crippen LogP contribution in [0.15, 0.2) is 52.4 Å². The number of amides is 2. The van der Waals surface area contributed by atoms with E-state index in [4.69, 9.17) is 32.7 Å². The maximum Gasteiger partial charge on any atom is 0.416 e. The molecule has 2 amide bonds. The van der Waals surface area contributed by atoms with Crippen molar-refractivity contribution in [3.63, 3.8) is 0 Å². The number of carbonyl (C=O) groups is 2. The molecule has 0 fully saturated rings. The Morgan fingerprint density at radius 2 is 1.77 bits per heavy atom. The fraction of sp³-hybridized carbons (Fsp3) is 0.444. The lowest BCUT2D eigenvalue weighted by molar-refractivity contribution is -0.135. The second-order valence-corrected chi connectivity index (χ2v) is 13.0. The Bertz CT molecular complexity index is 1380. The maximum absolute atomic E-state index is 12.7. The summed E-state index contributed by atoms with van der Waals surface area (Å²) in [6.45, 7) is 6.36. The van der Waals surface area contributed by atoms with Gasteiger partial charge < -0.3 is 14.4 Å². The van der Waals surface area contributed by atoms with E-state index in [1.165, 1.54) is 29.0 Å². The number of rotatable bonds is 10. The van der Waals surface area contributed by atoms with Crippen molar-refractivity contribution in [3.8, 4) is 0 Å². The molecular weight excluding hydrogens is 579 g/mol. The van der Waals surface area contributed by atoms with Gasteiger partial charge in [-0.25, -0.2) is 13.2 Å². The summed E-state index contributed by atoms with van der Waals surface area (Å²) in [5, 5.41) is 0.554. The summed E-state index contributed by atoms with van der Waals surface area (Å²) >= 11 is 12.6. The average Bonchev–Trinajstić information content (AvgIpc) is 3.37. The number of carbonyl (C=O) groups excluding carboxylic acids is 2. The van der Waals surface area contributed by atoms with Gasteiger partial charge in [0.15, 0.2) is 0 Å². The van der Waals surface area contributed by atoms with Crippen LogP contribution >= 0.6 is 23.2 Å². The normalized spacial score (nSPS) is 13.9. The average molecular weight is 614 g/mol. The van der Waals surface area contributed by atoms with E-state index < -0.39 is 21.7 Å². The summed E-state index contributed by atoms with van der Waals surface area (Å²) in [5.41, 5.74) is 0.747. The maximum atomic E-state index is 12.7. The third-order valence-electron chi connectivity index (χ3n) is 5.90. The number of ether oxygens (including phenoxy) is 2. The first kappa shape index (κ1) is 31.8. The van der Waals surface area contributed by atoms with Crippen LogP contribution in [0, 0.1) is 0 Å². The van der Waals surface area contributed by atoms with Gasteiger partial charge in [0, 0.05) is 37.8 Å². The predicted molar refractivity (Wildman–Crippen MR) is 154 cm³/mol. The first-order valence-corrected chi connectivity index (χ1v) is 14.8. The van der Waals surface area contributed by atoms with Gasteiger partial charge >= 0.3 is 6.09 Å². The summed E-state index contributed by atoms with van der Waals surface area (Å²) in [6, 6.07) is 11.5. The molecule has 0 aliphatic carbocycles. The third-order valence-corrected chi connectivity index (χ3v) is 8.61. The Balaban J connectivity index is 1.51. The van der Waals surface area contributed by atoms with E-state index in [-0.39, 0.29) is 42.1 Å². The Morgan fingerprint density at radius 1 is 1.07 bits per heavy atom. The van der Waals surface area contributed by atoms with Crippen LogP contribution in [0.5, 0.6) is 0 Å². The number of likely N-dealkylation sites (N-methyl/N-ethyl adjacent to an activating group) is 2. The molecule has 3 rings (SSSR count). The van der Waals surface area contributed by atoms with Crippen molar-refractivity contribution >= 4 is 51.1 Å². The molecule has 1 heterocycles. The van der Waals surface area contributed by atoms with Crippen LogP contribution in [0.2, 0.25) is 10.0 Å². The quantitative estimate of drug-likeness (QED) is 0.370. The highest BCUT2D eigenvalue weighted by Gasteiger charge is 2.29. The Morgan fingerprint density at radius 3 is 2.42 bits per heavy atom. The minimum atomic E-state index is -3.78. The molecule has 0 spiro atoms. The Kier molecular flexibility index (Phi) is 10.6.